The predicted molar refractivity (Wildman–Crippen MR) is 119 cm³/mol. The van der Waals surface area contributed by atoms with E-state index in [1.807, 2.05) is 12.1 Å². The lowest BCUT2D eigenvalue weighted by atomic mass is 9.79. The van der Waals surface area contributed by atoms with Gasteiger partial charge in [0.15, 0.2) is 5.69 Å². The minimum atomic E-state index is -4.48. The van der Waals surface area contributed by atoms with Gasteiger partial charge >= 0.3 is 6.18 Å². The lowest BCUT2D eigenvalue weighted by Crippen LogP contribution is -2.24. The van der Waals surface area contributed by atoms with Crippen molar-refractivity contribution in [2.45, 2.75) is 37.8 Å². The van der Waals surface area contributed by atoms with Crippen molar-refractivity contribution in [2.24, 2.45) is 5.92 Å². The molecular weight excluding hydrogens is 433 g/mol. The molecule has 32 heavy (non-hydrogen) atoms. The van der Waals surface area contributed by atoms with Gasteiger partial charge in [-0.15, -0.1) is 0 Å². The van der Waals surface area contributed by atoms with Crippen molar-refractivity contribution in [3.63, 3.8) is 0 Å². The van der Waals surface area contributed by atoms with Gasteiger partial charge in [0, 0.05) is 17.1 Å². The average Bonchev–Trinajstić information content (AvgIpc) is 2.76. The van der Waals surface area contributed by atoms with E-state index in [4.69, 9.17) is 11.6 Å². The fraction of sp³-hybridized carbons (Fsp3) is 0.269. The molecular formula is C26H21ClF3N2. The Morgan fingerprint density at radius 2 is 1.81 bits per heavy atom. The molecule has 1 heterocycles. The number of aromatic nitrogens is 2. The highest BCUT2D eigenvalue weighted by Gasteiger charge is 2.32. The third kappa shape index (κ3) is 3.95. The first-order chi connectivity index (χ1) is 15.3. The largest absolute Gasteiger partial charge is 0.434 e. The van der Waals surface area contributed by atoms with Crippen LogP contribution in [0.25, 0.3) is 12.2 Å². The van der Waals surface area contributed by atoms with Crippen LogP contribution < -0.4 is 10.4 Å². The summed E-state index contributed by atoms with van der Waals surface area (Å²) in [4.78, 5) is 7.57. The summed E-state index contributed by atoms with van der Waals surface area (Å²) >= 11 is 6.27. The molecule has 0 saturated heterocycles. The number of hydrogen-bond acceptors (Lipinski definition) is 2. The van der Waals surface area contributed by atoms with E-state index in [1.54, 1.807) is 0 Å². The second-order valence-corrected chi connectivity index (χ2v) is 8.93. The second kappa shape index (κ2) is 8.04. The molecule has 1 radical (unpaired) electrons. The number of benzene rings is 2. The van der Waals surface area contributed by atoms with Gasteiger partial charge in [0.1, 0.15) is 0 Å². The lowest BCUT2D eigenvalue weighted by molar-refractivity contribution is -0.141. The Bertz CT molecular complexity index is 1400. The summed E-state index contributed by atoms with van der Waals surface area (Å²) in [6.45, 7) is 4.20. The average molecular weight is 454 g/mol. The third-order valence-corrected chi connectivity index (χ3v) is 6.57. The van der Waals surface area contributed by atoms with E-state index in [0.29, 0.717) is 23.1 Å². The summed E-state index contributed by atoms with van der Waals surface area (Å²) < 4.78 is 38.4. The fourth-order valence-electron chi connectivity index (χ4n) is 4.82. The zero-order chi connectivity index (χ0) is 22.5. The van der Waals surface area contributed by atoms with Crippen molar-refractivity contribution in [2.75, 3.05) is 0 Å². The van der Waals surface area contributed by atoms with Crippen LogP contribution in [-0.4, -0.2) is 9.97 Å². The highest BCUT2D eigenvalue weighted by molar-refractivity contribution is 6.30. The van der Waals surface area contributed by atoms with Crippen molar-refractivity contribution in [3.8, 4) is 0 Å². The molecule has 0 N–H and O–H groups in total. The molecule has 163 valence electrons. The maximum absolute atomic E-state index is 12.8. The maximum Gasteiger partial charge on any atom is 0.434 e. The molecule has 2 atom stereocenters. The number of halogens is 4. The van der Waals surface area contributed by atoms with Gasteiger partial charge < -0.3 is 0 Å². The Hall–Kier alpha value is -2.66. The van der Waals surface area contributed by atoms with Gasteiger partial charge in [0.25, 0.3) is 0 Å². The molecule has 3 aromatic rings. The molecule has 0 bridgehead atoms. The first-order valence-corrected chi connectivity index (χ1v) is 11.0. The van der Waals surface area contributed by atoms with Gasteiger partial charge in [-0.2, -0.15) is 13.2 Å². The number of fused-ring (bicyclic) bond motifs is 4. The van der Waals surface area contributed by atoms with Crippen LogP contribution in [0.15, 0.2) is 42.7 Å². The van der Waals surface area contributed by atoms with Crippen LogP contribution in [0, 0.1) is 23.3 Å². The summed E-state index contributed by atoms with van der Waals surface area (Å²) in [6, 6.07) is 10.3. The smallest absolute Gasteiger partial charge is 0.257 e. The first-order valence-electron chi connectivity index (χ1n) is 10.7. The van der Waals surface area contributed by atoms with Gasteiger partial charge in [-0.25, -0.2) is 4.98 Å². The molecule has 0 saturated carbocycles. The zero-order valence-corrected chi connectivity index (χ0v) is 18.0. The predicted octanol–water partition coefficient (Wildman–Crippen LogP) is 5.12. The molecule has 0 fully saturated rings. The molecule has 2 nitrogen and oxygen atoms in total. The number of alkyl halides is 3. The van der Waals surface area contributed by atoms with E-state index in [1.165, 1.54) is 27.8 Å². The molecule has 0 amide bonds. The van der Waals surface area contributed by atoms with E-state index >= 15 is 0 Å². The molecule has 2 aromatic carbocycles. The third-order valence-electron chi connectivity index (χ3n) is 6.34. The van der Waals surface area contributed by atoms with Gasteiger partial charge in [-0.05, 0) is 82.7 Å². The van der Waals surface area contributed by atoms with Crippen LogP contribution in [0.4, 0.5) is 13.2 Å². The van der Waals surface area contributed by atoms with E-state index in [2.05, 4.69) is 47.2 Å². The van der Waals surface area contributed by atoms with Gasteiger partial charge in [0.2, 0.25) is 0 Å². The second-order valence-electron chi connectivity index (χ2n) is 8.49. The maximum atomic E-state index is 12.8. The monoisotopic (exact) mass is 453 g/mol. The molecule has 1 aromatic heterocycles. The summed E-state index contributed by atoms with van der Waals surface area (Å²) in [5.41, 5.74) is 2.24. The SMILES string of the molecule is [CH2]C1C=c2ccc3c(c2CC1)C(CCc1cnc(C(F)(F)F)cn1)C=c1cc(Cl)ccc1=3. The van der Waals surface area contributed by atoms with E-state index in [9.17, 15) is 13.2 Å². The van der Waals surface area contributed by atoms with E-state index in [0.717, 1.165) is 35.9 Å². The number of rotatable bonds is 3. The standard InChI is InChI=1S/C26H21ClF3N2/c1-15-2-7-22-16(10-15)4-8-23-21-9-5-19(27)12-18(21)11-17(25(22)23)3-6-20-13-32-24(14-31-20)26(28,29)30/h4-5,8-15,17H,1-3,6-7H2. The minimum absolute atomic E-state index is 0.116. The summed E-state index contributed by atoms with van der Waals surface area (Å²) in [5.74, 6) is 0.421. The number of nitrogens with zero attached hydrogens (tertiary/aromatic N) is 2. The van der Waals surface area contributed by atoms with Crippen LogP contribution in [0.2, 0.25) is 5.02 Å². The van der Waals surface area contributed by atoms with Crippen LogP contribution in [0.1, 0.15) is 41.3 Å². The van der Waals surface area contributed by atoms with Crippen LogP contribution in [0.5, 0.6) is 0 Å². The zero-order valence-electron chi connectivity index (χ0n) is 17.3. The normalized spacial score (nSPS) is 19.3. The van der Waals surface area contributed by atoms with Crippen molar-refractivity contribution in [3.05, 3.63) is 98.1 Å². The Morgan fingerprint density at radius 1 is 1.00 bits per heavy atom. The van der Waals surface area contributed by atoms with Crippen LogP contribution in [0.3, 0.4) is 0 Å². The van der Waals surface area contributed by atoms with Crippen molar-refractivity contribution in [1.29, 1.82) is 0 Å². The fourth-order valence-corrected chi connectivity index (χ4v) is 5.00. The summed E-state index contributed by atoms with van der Waals surface area (Å²) in [7, 11) is 0. The van der Waals surface area contributed by atoms with E-state index in [-0.39, 0.29) is 5.92 Å². The molecule has 0 spiro atoms. The van der Waals surface area contributed by atoms with Gasteiger partial charge in [-0.3, -0.25) is 4.98 Å². The Balaban J connectivity index is 1.57. The quantitative estimate of drug-likeness (QED) is 0.550. The highest BCUT2D eigenvalue weighted by atomic mass is 35.5. The highest BCUT2D eigenvalue weighted by Crippen LogP contribution is 2.31. The first kappa shape index (κ1) is 21.2. The van der Waals surface area contributed by atoms with Crippen LogP contribution >= 0.6 is 11.6 Å². The van der Waals surface area contributed by atoms with E-state index < -0.39 is 11.9 Å². The molecule has 2 aliphatic rings. The number of aryl methyl sites for hydroxylation is 1. The Labute approximate surface area is 188 Å². The number of hydrogen-bond donors (Lipinski definition) is 0. The molecule has 2 unspecified atom stereocenters. The summed E-state index contributed by atoms with van der Waals surface area (Å²) in [5, 5.41) is 5.37. The topological polar surface area (TPSA) is 25.8 Å². The van der Waals surface area contributed by atoms with Crippen LogP contribution in [-0.2, 0) is 19.0 Å². The van der Waals surface area contributed by atoms with Gasteiger partial charge in [-0.1, -0.05) is 42.0 Å². The Kier molecular flexibility index (Phi) is 5.32. The molecule has 0 aliphatic heterocycles. The molecule has 6 heteroatoms. The Morgan fingerprint density at radius 3 is 2.56 bits per heavy atom. The minimum Gasteiger partial charge on any atom is -0.257 e. The van der Waals surface area contributed by atoms with Crippen molar-refractivity contribution >= 4 is 23.8 Å². The molecule has 5 rings (SSSR count). The molecule has 2 aliphatic carbocycles. The van der Waals surface area contributed by atoms with Gasteiger partial charge in [0.05, 0.1) is 11.9 Å². The van der Waals surface area contributed by atoms with Crippen molar-refractivity contribution in [1.82, 2.24) is 9.97 Å². The van der Waals surface area contributed by atoms with Crippen molar-refractivity contribution < 1.29 is 13.2 Å². The summed E-state index contributed by atoms with van der Waals surface area (Å²) in [6.07, 6.45) is 5.27. The lowest BCUT2D eigenvalue weighted by Gasteiger charge is -2.25.